The Morgan fingerprint density at radius 2 is 1.62 bits per heavy atom. The summed E-state index contributed by atoms with van der Waals surface area (Å²) in [5, 5.41) is 9.29. The van der Waals surface area contributed by atoms with Crippen LogP contribution >= 0.6 is 0 Å². The van der Waals surface area contributed by atoms with Gasteiger partial charge in [-0.2, -0.15) is 5.26 Å². The van der Waals surface area contributed by atoms with Crippen LogP contribution in [-0.4, -0.2) is 13.4 Å². The van der Waals surface area contributed by atoms with Crippen LogP contribution in [0.1, 0.15) is 5.56 Å². The van der Waals surface area contributed by atoms with Crippen molar-refractivity contribution in [1.29, 1.82) is 5.26 Å². The van der Waals surface area contributed by atoms with Gasteiger partial charge in [0.25, 0.3) is 0 Å². The number of aromatic nitrogens is 1. The van der Waals surface area contributed by atoms with E-state index >= 15 is 0 Å². The van der Waals surface area contributed by atoms with Crippen LogP contribution in [0.15, 0.2) is 88.8 Å². The molecule has 26 heavy (non-hydrogen) atoms. The SMILES string of the molecule is N#CC(=Cc1ccc(Oc2ccccc2)nc1)S(=O)(=O)c1ccccc1. The van der Waals surface area contributed by atoms with Gasteiger partial charge in [0.05, 0.1) is 4.90 Å². The number of benzene rings is 2. The third-order valence-electron chi connectivity index (χ3n) is 3.48. The first kappa shape index (κ1) is 17.4. The lowest BCUT2D eigenvalue weighted by molar-refractivity contribution is 0.463. The van der Waals surface area contributed by atoms with Crippen LogP contribution in [0.3, 0.4) is 0 Å². The minimum absolute atomic E-state index is 0.0739. The van der Waals surface area contributed by atoms with Crippen molar-refractivity contribution in [2.24, 2.45) is 0 Å². The molecule has 0 spiro atoms. The Hall–Kier alpha value is -3.43. The molecule has 2 aromatic carbocycles. The van der Waals surface area contributed by atoms with Crippen molar-refractivity contribution in [2.75, 3.05) is 0 Å². The second kappa shape index (κ2) is 7.64. The second-order valence-corrected chi connectivity index (χ2v) is 7.20. The lowest BCUT2D eigenvalue weighted by Crippen LogP contribution is -2.03. The highest BCUT2D eigenvalue weighted by molar-refractivity contribution is 7.95. The predicted octanol–water partition coefficient (Wildman–Crippen LogP) is 4.21. The Morgan fingerprint density at radius 1 is 0.962 bits per heavy atom. The summed E-state index contributed by atoms with van der Waals surface area (Å²) in [6, 6.07) is 22.0. The predicted molar refractivity (Wildman–Crippen MR) is 98.0 cm³/mol. The van der Waals surface area contributed by atoms with Gasteiger partial charge in [-0.15, -0.1) is 0 Å². The fourth-order valence-electron chi connectivity index (χ4n) is 2.19. The van der Waals surface area contributed by atoms with Gasteiger partial charge in [-0.25, -0.2) is 13.4 Å². The highest BCUT2D eigenvalue weighted by Crippen LogP contribution is 2.22. The second-order valence-electron chi connectivity index (χ2n) is 5.28. The van der Waals surface area contributed by atoms with Crippen LogP contribution in [0.5, 0.6) is 11.6 Å². The summed E-state index contributed by atoms with van der Waals surface area (Å²) in [6.45, 7) is 0. The van der Waals surface area contributed by atoms with E-state index in [2.05, 4.69) is 4.98 Å². The van der Waals surface area contributed by atoms with Gasteiger partial charge in [-0.05, 0) is 42.0 Å². The number of para-hydroxylation sites is 1. The van der Waals surface area contributed by atoms with E-state index in [1.807, 2.05) is 18.2 Å². The Labute approximate surface area is 151 Å². The molecule has 1 aromatic heterocycles. The number of rotatable bonds is 5. The highest BCUT2D eigenvalue weighted by atomic mass is 32.2. The van der Waals surface area contributed by atoms with Gasteiger partial charge < -0.3 is 4.74 Å². The molecule has 0 aliphatic heterocycles. The largest absolute Gasteiger partial charge is 0.439 e. The van der Waals surface area contributed by atoms with Gasteiger partial charge in [0.1, 0.15) is 16.7 Å². The molecule has 0 saturated carbocycles. The molecule has 0 bridgehead atoms. The molecule has 3 rings (SSSR count). The summed E-state index contributed by atoms with van der Waals surface area (Å²) in [5.74, 6) is 1.02. The van der Waals surface area contributed by atoms with Crippen LogP contribution in [-0.2, 0) is 9.84 Å². The Kier molecular flexibility index (Phi) is 5.11. The minimum Gasteiger partial charge on any atom is -0.439 e. The maximum absolute atomic E-state index is 12.5. The lowest BCUT2D eigenvalue weighted by Gasteiger charge is -2.05. The average molecular weight is 362 g/mol. The van der Waals surface area contributed by atoms with Crippen LogP contribution in [0.2, 0.25) is 0 Å². The third-order valence-corrected chi connectivity index (χ3v) is 5.16. The summed E-state index contributed by atoms with van der Waals surface area (Å²) < 4.78 is 30.7. The van der Waals surface area contributed by atoms with E-state index in [0.717, 1.165) is 0 Å². The van der Waals surface area contributed by atoms with Gasteiger partial charge >= 0.3 is 0 Å². The van der Waals surface area contributed by atoms with Crippen molar-refractivity contribution in [2.45, 2.75) is 4.90 Å². The molecular formula is C20H14N2O3S. The Bertz CT molecular complexity index is 1050. The molecular weight excluding hydrogens is 348 g/mol. The van der Waals surface area contributed by atoms with Crippen molar-refractivity contribution in [3.8, 4) is 17.7 Å². The number of nitriles is 1. The molecule has 0 fully saturated rings. The third kappa shape index (κ3) is 3.97. The number of hydrogen-bond acceptors (Lipinski definition) is 5. The molecule has 0 unspecified atom stereocenters. The summed E-state index contributed by atoms with van der Waals surface area (Å²) in [4.78, 5) is 3.87. The Balaban J connectivity index is 1.85. The number of nitrogens with zero attached hydrogens (tertiary/aromatic N) is 2. The quantitative estimate of drug-likeness (QED) is 0.635. The average Bonchev–Trinajstić information content (AvgIpc) is 2.68. The van der Waals surface area contributed by atoms with E-state index in [1.54, 1.807) is 48.5 Å². The van der Waals surface area contributed by atoms with Crippen LogP contribution in [0.4, 0.5) is 0 Å². The molecule has 6 heteroatoms. The number of allylic oxidation sites excluding steroid dienone is 1. The molecule has 0 radical (unpaired) electrons. The molecule has 0 aliphatic carbocycles. The first-order chi connectivity index (χ1) is 12.6. The van der Waals surface area contributed by atoms with Gasteiger partial charge in [0.15, 0.2) is 0 Å². The zero-order valence-corrected chi connectivity index (χ0v) is 14.4. The van der Waals surface area contributed by atoms with Gasteiger partial charge in [-0.1, -0.05) is 36.4 Å². The van der Waals surface area contributed by atoms with E-state index in [9.17, 15) is 13.7 Å². The fraction of sp³-hybridized carbons (Fsp3) is 0. The normalized spacial score (nSPS) is 11.6. The molecule has 0 aliphatic rings. The van der Waals surface area contributed by atoms with E-state index in [1.165, 1.54) is 24.4 Å². The Morgan fingerprint density at radius 3 is 2.19 bits per heavy atom. The maximum Gasteiger partial charge on any atom is 0.219 e. The van der Waals surface area contributed by atoms with Crippen molar-refractivity contribution in [3.63, 3.8) is 0 Å². The van der Waals surface area contributed by atoms with Crippen LogP contribution in [0.25, 0.3) is 6.08 Å². The zero-order chi connectivity index (χ0) is 18.4. The van der Waals surface area contributed by atoms with Gasteiger partial charge in [-0.3, -0.25) is 0 Å². The minimum atomic E-state index is -3.87. The number of pyridine rings is 1. The van der Waals surface area contributed by atoms with Crippen molar-refractivity contribution in [1.82, 2.24) is 4.98 Å². The number of ether oxygens (including phenoxy) is 1. The molecule has 1 heterocycles. The highest BCUT2D eigenvalue weighted by Gasteiger charge is 2.20. The van der Waals surface area contributed by atoms with E-state index in [-0.39, 0.29) is 9.80 Å². The van der Waals surface area contributed by atoms with Crippen molar-refractivity contribution >= 4 is 15.9 Å². The zero-order valence-electron chi connectivity index (χ0n) is 13.6. The first-order valence-corrected chi connectivity index (χ1v) is 9.19. The van der Waals surface area contributed by atoms with E-state index in [0.29, 0.717) is 17.2 Å². The smallest absolute Gasteiger partial charge is 0.219 e. The maximum atomic E-state index is 12.5. The first-order valence-electron chi connectivity index (χ1n) is 7.70. The van der Waals surface area contributed by atoms with E-state index < -0.39 is 9.84 Å². The van der Waals surface area contributed by atoms with Crippen molar-refractivity contribution < 1.29 is 13.2 Å². The molecule has 3 aromatic rings. The summed E-state index contributed by atoms with van der Waals surface area (Å²) in [7, 11) is -3.87. The summed E-state index contributed by atoms with van der Waals surface area (Å²) in [5.41, 5.74) is 0.487. The summed E-state index contributed by atoms with van der Waals surface area (Å²) in [6.07, 6.45) is 2.75. The lowest BCUT2D eigenvalue weighted by atomic mass is 10.2. The molecule has 5 nitrogen and oxygen atoms in total. The summed E-state index contributed by atoms with van der Waals surface area (Å²) >= 11 is 0. The molecule has 0 amide bonds. The van der Waals surface area contributed by atoms with Gasteiger partial charge in [0.2, 0.25) is 15.7 Å². The number of hydrogen-bond donors (Lipinski definition) is 0. The molecule has 0 N–H and O–H groups in total. The van der Waals surface area contributed by atoms with Crippen LogP contribution in [0, 0.1) is 11.3 Å². The monoisotopic (exact) mass is 362 g/mol. The number of sulfone groups is 1. The standard InChI is InChI=1S/C20H14N2O3S/c21-14-19(26(23,24)18-9-5-2-6-10-18)13-16-11-12-20(22-15-16)25-17-7-3-1-4-8-17/h1-13,15H. The van der Waals surface area contributed by atoms with Crippen molar-refractivity contribution in [3.05, 3.63) is 89.5 Å². The molecule has 0 atom stereocenters. The topological polar surface area (TPSA) is 80.0 Å². The van der Waals surface area contributed by atoms with Gasteiger partial charge in [0, 0.05) is 12.3 Å². The molecule has 0 saturated heterocycles. The van der Waals surface area contributed by atoms with Crippen LogP contribution < -0.4 is 4.74 Å². The fourth-order valence-corrected chi connectivity index (χ4v) is 3.38. The van der Waals surface area contributed by atoms with E-state index in [4.69, 9.17) is 4.74 Å². The molecule has 128 valence electrons.